The first-order valence-electron chi connectivity index (χ1n) is 2.11. The van der Waals surface area contributed by atoms with Crippen LogP contribution in [0, 0.1) is 0 Å². The van der Waals surface area contributed by atoms with E-state index < -0.39 is 0 Å². The molecular formula is C3H8Cl2N4O. The smallest absolute Gasteiger partial charge is 0.312 e. The van der Waals surface area contributed by atoms with Gasteiger partial charge in [-0.05, 0) is 0 Å². The van der Waals surface area contributed by atoms with Crippen molar-refractivity contribution in [2.75, 3.05) is 5.73 Å². The van der Waals surface area contributed by atoms with Crippen molar-refractivity contribution in [2.24, 2.45) is 5.73 Å². The molecule has 0 unspecified atom stereocenters. The van der Waals surface area contributed by atoms with Crippen LogP contribution in [0.2, 0.25) is 0 Å². The van der Waals surface area contributed by atoms with Crippen molar-refractivity contribution in [3.8, 4) is 0 Å². The highest BCUT2D eigenvalue weighted by atomic mass is 35.5. The van der Waals surface area contributed by atoms with E-state index in [0.29, 0.717) is 5.89 Å². The zero-order valence-electron chi connectivity index (χ0n) is 4.98. The van der Waals surface area contributed by atoms with Crippen LogP contribution in [0.3, 0.4) is 0 Å². The van der Waals surface area contributed by atoms with Gasteiger partial charge in [0, 0.05) is 0 Å². The van der Waals surface area contributed by atoms with Gasteiger partial charge in [0.05, 0.1) is 6.54 Å². The predicted molar refractivity (Wildman–Crippen MR) is 41.1 cm³/mol. The first kappa shape index (κ1) is 12.2. The molecule has 0 saturated carbocycles. The SMILES string of the molecule is Cl.Cl.NCc1nnc(N)o1. The van der Waals surface area contributed by atoms with E-state index in [9.17, 15) is 0 Å². The molecule has 0 spiro atoms. The van der Waals surface area contributed by atoms with E-state index in [4.69, 9.17) is 11.5 Å². The minimum atomic E-state index is 0. The fraction of sp³-hybridized carbons (Fsp3) is 0.333. The number of nitrogen functional groups attached to an aromatic ring is 1. The summed E-state index contributed by atoms with van der Waals surface area (Å²) >= 11 is 0. The molecule has 0 bridgehead atoms. The van der Waals surface area contributed by atoms with Gasteiger partial charge in [0.1, 0.15) is 0 Å². The first-order valence-corrected chi connectivity index (χ1v) is 2.11. The van der Waals surface area contributed by atoms with E-state index in [0.717, 1.165) is 0 Å². The minimum absolute atomic E-state index is 0. The number of hydrogen-bond donors (Lipinski definition) is 2. The van der Waals surface area contributed by atoms with Crippen LogP contribution in [-0.2, 0) is 6.54 Å². The van der Waals surface area contributed by atoms with Gasteiger partial charge in [-0.2, -0.15) is 0 Å². The Bertz CT molecular complexity index is 179. The first-order chi connectivity index (χ1) is 3.83. The van der Waals surface area contributed by atoms with E-state index in [2.05, 4.69) is 14.6 Å². The third-order valence-electron chi connectivity index (χ3n) is 0.657. The van der Waals surface area contributed by atoms with E-state index in [1.54, 1.807) is 0 Å². The second-order valence-corrected chi connectivity index (χ2v) is 1.24. The average molecular weight is 187 g/mol. The predicted octanol–water partition coefficient (Wildman–Crippen LogP) is -0.0459. The second-order valence-electron chi connectivity index (χ2n) is 1.24. The summed E-state index contributed by atoms with van der Waals surface area (Å²) in [6.45, 7) is 0.240. The van der Waals surface area contributed by atoms with Gasteiger partial charge in [0.2, 0.25) is 5.89 Å². The minimum Gasteiger partial charge on any atom is -0.407 e. The van der Waals surface area contributed by atoms with Gasteiger partial charge in [-0.3, -0.25) is 0 Å². The molecule has 0 aromatic carbocycles. The monoisotopic (exact) mass is 186 g/mol. The quantitative estimate of drug-likeness (QED) is 0.643. The maximum absolute atomic E-state index is 5.11. The Hall–Kier alpha value is -0.520. The van der Waals surface area contributed by atoms with E-state index in [1.807, 2.05) is 0 Å². The van der Waals surface area contributed by atoms with Crippen LogP contribution in [0.25, 0.3) is 0 Å². The van der Waals surface area contributed by atoms with E-state index in [-0.39, 0.29) is 37.4 Å². The zero-order chi connectivity index (χ0) is 5.98. The lowest BCUT2D eigenvalue weighted by molar-refractivity contribution is 0.513. The molecule has 1 aromatic heterocycles. The van der Waals surface area contributed by atoms with Crippen LogP contribution in [0.5, 0.6) is 0 Å². The Morgan fingerprint density at radius 3 is 2.10 bits per heavy atom. The lowest BCUT2D eigenvalue weighted by Gasteiger charge is -1.78. The normalized spacial score (nSPS) is 7.70. The number of rotatable bonds is 1. The van der Waals surface area contributed by atoms with Gasteiger partial charge in [-0.25, -0.2) is 0 Å². The Labute approximate surface area is 70.0 Å². The Balaban J connectivity index is 0. The highest BCUT2D eigenvalue weighted by Crippen LogP contribution is 1.96. The van der Waals surface area contributed by atoms with Crippen molar-refractivity contribution in [3.05, 3.63) is 5.89 Å². The molecule has 1 aromatic rings. The largest absolute Gasteiger partial charge is 0.407 e. The Morgan fingerprint density at radius 2 is 1.90 bits per heavy atom. The van der Waals surface area contributed by atoms with Crippen LogP contribution >= 0.6 is 24.8 Å². The number of aromatic nitrogens is 2. The van der Waals surface area contributed by atoms with Crippen LogP contribution in [0.15, 0.2) is 4.42 Å². The summed E-state index contributed by atoms with van der Waals surface area (Å²) in [5.74, 6) is 0.363. The van der Waals surface area contributed by atoms with Crippen molar-refractivity contribution < 1.29 is 4.42 Å². The molecule has 0 atom stereocenters. The molecule has 60 valence electrons. The average Bonchev–Trinajstić information content (AvgIpc) is 2.14. The summed E-state index contributed by atoms with van der Waals surface area (Å²) in [6.07, 6.45) is 0. The Kier molecular flexibility index (Phi) is 6.43. The molecule has 0 saturated heterocycles. The highest BCUT2D eigenvalue weighted by Gasteiger charge is 1.95. The number of nitrogens with two attached hydrogens (primary N) is 2. The van der Waals surface area contributed by atoms with Gasteiger partial charge in [0.25, 0.3) is 0 Å². The molecule has 0 amide bonds. The summed E-state index contributed by atoms with van der Waals surface area (Å²) in [4.78, 5) is 0. The molecule has 1 heterocycles. The zero-order valence-corrected chi connectivity index (χ0v) is 6.61. The van der Waals surface area contributed by atoms with Crippen LogP contribution in [0.4, 0.5) is 6.01 Å². The van der Waals surface area contributed by atoms with Crippen LogP contribution in [0.1, 0.15) is 5.89 Å². The third-order valence-corrected chi connectivity index (χ3v) is 0.657. The van der Waals surface area contributed by atoms with E-state index in [1.165, 1.54) is 0 Å². The van der Waals surface area contributed by atoms with Gasteiger partial charge in [-0.1, -0.05) is 5.10 Å². The third kappa shape index (κ3) is 2.86. The van der Waals surface area contributed by atoms with Gasteiger partial charge in [-0.15, -0.1) is 29.9 Å². The van der Waals surface area contributed by atoms with E-state index >= 15 is 0 Å². The lowest BCUT2D eigenvalue weighted by Crippen LogP contribution is -1.95. The maximum Gasteiger partial charge on any atom is 0.312 e. The molecule has 0 fully saturated rings. The number of nitrogens with zero attached hydrogens (tertiary/aromatic N) is 2. The Morgan fingerprint density at radius 1 is 1.30 bits per heavy atom. The molecule has 0 aliphatic rings. The van der Waals surface area contributed by atoms with Crippen molar-refractivity contribution >= 4 is 30.8 Å². The number of hydrogen-bond acceptors (Lipinski definition) is 5. The molecule has 0 aliphatic carbocycles. The van der Waals surface area contributed by atoms with Crippen molar-refractivity contribution in [1.29, 1.82) is 0 Å². The molecule has 5 nitrogen and oxygen atoms in total. The topological polar surface area (TPSA) is 91.0 Å². The lowest BCUT2D eigenvalue weighted by atomic mass is 10.7. The highest BCUT2D eigenvalue weighted by molar-refractivity contribution is 5.85. The summed E-state index contributed by atoms with van der Waals surface area (Å²) in [5.41, 5.74) is 10.2. The molecule has 0 radical (unpaired) electrons. The van der Waals surface area contributed by atoms with Crippen molar-refractivity contribution in [2.45, 2.75) is 6.54 Å². The molecule has 7 heteroatoms. The standard InChI is InChI=1S/C3H6N4O.2ClH/c4-1-2-6-7-3(5)8-2;;/h1,4H2,(H2,5,7);2*1H. The van der Waals surface area contributed by atoms with Crippen molar-refractivity contribution in [1.82, 2.24) is 10.2 Å². The van der Waals surface area contributed by atoms with Crippen LogP contribution in [-0.4, -0.2) is 10.2 Å². The fourth-order valence-electron chi connectivity index (χ4n) is 0.349. The summed E-state index contributed by atoms with van der Waals surface area (Å²) < 4.78 is 4.66. The fourth-order valence-corrected chi connectivity index (χ4v) is 0.349. The number of halogens is 2. The van der Waals surface area contributed by atoms with Crippen LogP contribution < -0.4 is 11.5 Å². The van der Waals surface area contributed by atoms with Gasteiger partial charge >= 0.3 is 6.01 Å². The van der Waals surface area contributed by atoms with Gasteiger partial charge < -0.3 is 15.9 Å². The van der Waals surface area contributed by atoms with Gasteiger partial charge in [0.15, 0.2) is 0 Å². The molecular weight excluding hydrogens is 179 g/mol. The summed E-state index contributed by atoms with van der Waals surface area (Å²) in [5, 5.41) is 6.84. The van der Waals surface area contributed by atoms with Crippen molar-refractivity contribution in [3.63, 3.8) is 0 Å². The maximum atomic E-state index is 5.11. The molecule has 10 heavy (non-hydrogen) atoms. The summed E-state index contributed by atoms with van der Waals surface area (Å²) in [7, 11) is 0. The summed E-state index contributed by atoms with van der Waals surface area (Å²) in [6, 6.07) is 0.0606. The molecule has 1 rings (SSSR count). The number of anilines is 1. The molecule has 0 aliphatic heterocycles. The second kappa shape index (κ2) is 5.28. The molecule has 4 N–H and O–H groups in total.